The predicted octanol–water partition coefficient (Wildman–Crippen LogP) is 5.53. The summed E-state index contributed by atoms with van der Waals surface area (Å²) in [5.74, 6) is 0.787. The highest BCUT2D eigenvalue weighted by Crippen LogP contribution is 2.23. The first kappa shape index (κ1) is 24.3. The van der Waals surface area contributed by atoms with Crippen LogP contribution in [-0.4, -0.2) is 29.0 Å². The van der Waals surface area contributed by atoms with Gasteiger partial charge in [0.15, 0.2) is 0 Å². The summed E-state index contributed by atoms with van der Waals surface area (Å²) in [6.07, 6.45) is 18.1. The maximum Gasteiger partial charge on any atom is 0.244 e. The summed E-state index contributed by atoms with van der Waals surface area (Å²) in [4.78, 5) is 20.3. The standard InChI is InChI=1S/C26H35N3O2/c1-4-5-6-11-23(24-14-16-25(31-3)17-15-24)12-8-13-26(30)29-21(2)9-7-10-22-18-27-20-28-19-22/h8,12-21H,4-7,9-11H2,1-3H3,(H,29,30)/t21-/m1/s1. The van der Waals surface area contributed by atoms with Gasteiger partial charge in [0.25, 0.3) is 0 Å². The number of nitrogens with zero attached hydrogens (tertiary/aromatic N) is 2. The monoisotopic (exact) mass is 421 g/mol. The molecule has 1 aromatic heterocycles. The van der Waals surface area contributed by atoms with E-state index in [4.69, 9.17) is 4.74 Å². The predicted molar refractivity (Wildman–Crippen MR) is 127 cm³/mol. The van der Waals surface area contributed by atoms with E-state index in [1.165, 1.54) is 30.3 Å². The number of benzene rings is 1. The SMILES string of the molecule is CCCCCC(=CC=CC(=O)N[C@H](C)CCCc1cncnc1)c1ccc(OC)cc1. The lowest BCUT2D eigenvalue weighted by Gasteiger charge is -2.12. The molecule has 0 bridgehead atoms. The van der Waals surface area contributed by atoms with Gasteiger partial charge in [0.1, 0.15) is 12.1 Å². The van der Waals surface area contributed by atoms with E-state index in [0.29, 0.717) is 0 Å². The van der Waals surface area contributed by atoms with Gasteiger partial charge in [0, 0.05) is 24.5 Å². The lowest BCUT2D eigenvalue weighted by atomic mass is 9.99. The van der Waals surface area contributed by atoms with Crippen LogP contribution in [0, 0.1) is 0 Å². The second-order valence-corrected chi connectivity index (χ2v) is 7.79. The first-order valence-electron chi connectivity index (χ1n) is 11.2. The number of allylic oxidation sites excluding steroid dienone is 3. The number of rotatable bonds is 13. The van der Waals surface area contributed by atoms with Gasteiger partial charge in [-0.15, -0.1) is 0 Å². The number of hydrogen-bond donors (Lipinski definition) is 1. The highest BCUT2D eigenvalue weighted by Gasteiger charge is 2.05. The van der Waals surface area contributed by atoms with Crippen LogP contribution in [0.5, 0.6) is 5.75 Å². The number of nitrogens with one attached hydrogen (secondary N) is 1. The summed E-state index contributed by atoms with van der Waals surface area (Å²) in [6.45, 7) is 4.24. The van der Waals surface area contributed by atoms with E-state index in [9.17, 15) is 4.79 Å². The zero-order chi connectivity index (χ0) is 22.3. The minimum atomic E-state index is -0.0607. The third kappa shape index (κ3) is 9.60. The van der Waals surface area contributed by atoms with Crippen LogP contribution in [0.1, 0.15) is 63.5 Å². The molecule has 1 aromatic carbocycles. The molecule has 31 heavy (non-hydrogen) atoms. The minimum absolute atomic E-state index is 0.0607. The van der Waals surface area contributed by atoms with Crippen molar-refractivity contribution in [3.8, 4) is 5.75 Å². The molecular formula is C26H35N3O2. The van der Waals surface area contributed by atoms with Crippen LogP contribution in [0.25, 0.3) is 5.57 Å². The van der Waals surface area contributed by atoms with E-state index >= 15 is 0 Å². The van der Waals surface area contributed by atoms with Crippen LogP contribution in [-0.2, 0) is 11.2 Å². The molecule has 0 spiro atoms. The molecule has 0 saturated carbocycles. The number of carbonyl (C=O) groups excluding carboxylic acids is 1. The summed E-state index contributed by atoms with van der Waals surface area (Å²) in [5, 5.41) is 3.04. The highest BCUT2D eigenvalue weighted by atomic mass is 16.5. The maximum absolute atomic E-state index is 12.3. The molecular weight excluding hydrogens is 386 g/mol. The van der Waals surface area contributed by atoms with E-state index in [1.54, 1.807) is 13.2 Å². The molecule has 1 N–H and O–H groups in total. The summed E-state index contributed by atoms with van der Waals surface area (Å²) >= 11 is 0. The van der Waals surface area contributed by atoms with Crippen molar-refractivity contribution < 1.29 is 9.53 Å². The molecule has 5 nitrogen and oxygen atoms in total. The normalized spacial score (nSPS) is 12.7. The molecule has 2 rings (SSSR count). The smallest absolute Gasteiger partial charge is 0.244 e. The van der Waals surface area contributed by atoms with Gasteiger partial charge < -0.3 is 10.1 Å². The van der Waals surface area contributed by atoms with Gasteiger partial charge in [-0.05, 0) is 67.9 Å². The Morgan fingerprint density at radius 1 is 1.13 bits per heavy atom. The minimum Gasteiger partial charge on any atom is -0.497 e. The molecule has 5 heteroatoms. The second-order valence-electron chi connectivity index (χ2n) is 7.79. The zero-order valence-corrected chi connectivity index (χ0v) is 19.0. The van der Waals surface area contributed by atoms with Gasteiger partial charge in [-0.3, -0.25) is 4.79 Å². The lowest BCUT2D eigenvalue weighted by Crippen LogP contribution is -2.31. The number of carbonyl (C=O) groups is 1. The number of aromatic nitrogens is 2. The van der Waals surface area contributed by atoms with Crippen molar-refractivity contribution in [3.63, 3.8) is 0 Å². The molecule has 2 aromatic rings. The Labute approximate surface area is 186 Å². The first-order chi connectivity index (χ1) is 15.1. The quantitative estimate of drug-likeness (QED) is 0.262. The molecule has 0 aliphatic heterocycles. The molecule has 0 aliphatic rings. The van der Waals surface area contributed by atoms with E-state index in [-0.39, 0.29) is 11.9 Å². The van der Waals surface area contributed by atoms with Crippen molar-refractivity contribution in [1.29, 1.82) is 0 Å². The number of methoxy groups -OCH3 is 1. The third-order valence-corrected chi connectivity index (χ3v) is 5.16. The number of hydrogen-bond acceptors (Lipinski definition) is 4. The lowest BCUT2D eigenvalue weighted by molar-refractivity contribution is -0.117. The van der Waals surface area contributed by atoms with Gasteiger partial charge >= 0.3 is 0 Å². The largest absolute Gasteiger partial charge is 0.497 e. The van der Waals surface area contributed by atoms with Crippen LogP contribution < -0.4 is 10.1 Å². The van der Waals surface area contributed by atoms with Crippen molar-refractivity contribution in [2.45, 2.75) is 64.8 Å². The molecule has 0 aliphatic carbocycles. The highest BCUT2D eigenvalue weighted by molar-refractivity contribution is 5.88. The van der Waals surface area contributed by atoms with Crippen molar-refractivity contribution >= 4 is 11.5 Å². The number of ether oxygens (including phenoxy) is 1. The van der Waals surface area contributed by atoms with Gasteiger partial charge in [0.05, 0.1) is 7.11 Å². The molecule has 1 atom stereocenters. The van der Waals surface area contributed by atoms with Crippen molar-refractivity contribution in [3.05, 3.63) is 72.3 Å². The van der Waals surface area contributed by atoms with Gasteiger partial charge in [0.2, 0.25) is 5.91 Å². The van der Waals surface area contributed by atoms with Crippen LogP contribution in [0.2, 0.25) is 0 Å². The molecule has 0 unspecified atom stereocenters. The summed E-state index contributed by atoms with van der Waals surface area (Å²) in [6, 6.07) is 8.22. The van der Waals surface area contributed by atoms with E-state index in [2.05, 4.69) is 40.4 Å². The summed E-state index contributed by atoms with van der Waals surface area (Å²) < 4.78 is 5.26. The average molecular weight is 422 g/mol. The average Bonchev–Trinajstić information content (AvgIpc) is 2.79. The summed E-state index contributed by atoms with van der Waals surface area (Å²) in [7, 11) is 1.67. The summed E-state index contributed by atoms with van der Waals surface area (Å²) in [5.41, 5.74) is 3.53. The van der Waals surface area contributed by atoms with Crippen molar-refractivity contribution in [2.24, 2.45) is 0 Å². The Morgan fingerprint density at radius 2 is 1.87 bits per heavy atom. The van der Waals surface area contributed by atoms with Gasteiger partial charge in [-0.2, -0.15) is 0 Å². The Hall–Kier alpha value is -2.95. The Bertz CT molecular complexity index is 829. The van der Waals surface area contributed by atoms with E-state index in [0.717, 1.165) is 43.4 Å². The fourth-order valence-electron chi connectivity index (χ4n) is 3.38. The zero-order valence-electron chi connectivity index (χ0n) is 19.0. The Kier molecular flexibility index (Phi) is 11.1. The van der Waals surface area contributed by atoms with Crippen LogP contribution in [0.3, 0.4) is 0 Å². The molecule has 1 heterocycles. The second kappa shape index (κ2) is 14.1. The van der Waals surface area contributed by atoms with Gasteiger partial charge in [-0.1, -0.05) is 44.1 Å². The number of amides is 1. The molecule has 1 amide bonds. The van der Waals surface area contributed by atoms with Crippen molar-refractivity contribution in [1.82, 2.24) is 15.3 Å². The van der Waals surface area contributed by atoms with Crippen LogP contribution in [0.15, 0.2) is 61.2 Å². The molecule has 0 saturated heterocycles. The first-order valence-corrected chi connectivity index (χ1v) is 11.2. The fraction of sp³-hybridized carbons (Fsp3) is 0.423. The maximum atomic E-state index is 12.3. The topological polar surface area (TPSA) is 64.1 Å². The van der Waals surface area contributed by atoms with Gasteiger partial charge in [-0.25, -0.2) is 9.97 Å². The number of aryl methyl sites for hydroxylation is 1. The molecule has 166 valence electrons. The Morgan fingerprint density at radius 3 is 2.55 bits per heavy atom. The van der Waals surface area contributed by atoms with E-state index in [1.807, 2.05) is 37.5 Å². The van der Waals surface area contributed by atoms with Crippen LogP contribution >= 0.6 is 0 Å². The van der Waals surface area contributed by atoms with E-state index < -0.39 is 0 Å². The molecule has 0 radical (unpaired) electrons. The Balaban J connectivity index is 1.86. The molecule has 0 fully saturated rings. The van der Waals surface area contributed by atoms with Crippen LogP contribution in [0.4, 0.5) is 0 Å². The third-order valence-electron chi connectivity index (χ3n) is 5.16. The van der Waals surface area contributed by atoms with Crippen molar-refractivity contribution in [2.75, 3.05) is 7.11 Å². The fourth-order valence-corrected chi connectivity index (χ4v) is 3.38. The number of unbranched alkanes of at least 4 members (excludes halogenated alkanes) is 2.